The van der Waals surface area contributed by atoms with Crippen molar-refractivity contribution in [2.75, 3.05) is 0 Å². The van der Waals surface area contributed by atoms with Crippen molar-refractivity contribution in [3.05, 3.63) is 47.5 Å². The number of fused-ring (bicyclic) bond motifs is 3. The molecule has 0 spiro atoms. The van der Waals surface area contributed by atoms with Crippen LogP contribution in [-0.2, 0) is 32.3 Å². The highest BCUT2D eigenvalue weighted by atomic mass is 28.3. The summed E-state index contributed by atoms with van der Waals surface area (Å²) in [7, 11) is -1.78. The first-order chi connectivity index (χ1) is 11.5. The van der Waals surface area contributed by atoms with Crippen LogP contribution < -0.4 is 10.4 Å². The van der Waals surface area contributed by atoms with Gasteiger partial charge in [-0.15, -0.1) is 0 Å². The van der Waals surface area contributed by atoms with Gasteiger partial charge in [-0.3, -0.25) is 9.59 Å². The third-order valence-corrected chi connectivity index (χ3v) is 5.75. The largest absolute Gasteiger partial charge is 0.461 e. The van der Waals surface area contributed by atoms with E-state index >= 15 is 0 Å². The monoisotopic (exact) mass is 341 g/mol. The molecule has 2 aromatic rings. The smallest absolute Gasteiger partial charge is 0.302 e. The number of hydrogen-bond acceptors (Lipinski definition) is 5. The second kappa shape index (κ2) is 6.58. The zero-order chi connectivity index (χ0) is 17.3. The molecule has 1 aliphatic heterocycles. The molecule has 3 rings (SSSR count). The van der Waals surface area contributed by atoms with Gasteiger partial charge in [-0.25, -0.2) is 0 Å². The van der Waals surface area contributed by atoms with E-state index in [0.717, 1.165) is 32.6 Å². The minimum Gasteiger partial charge on any atom is -0.461 e. The van der Waals surface area contributed by atoms with Crippen LogP contribution in [0.5, 0.6) is 0 Å². The van der Waals surface area contributed by atoms with Crippen LogP contribution in [0.25, 0.3) is 11.1 Å². The van der Waals surface area contributed by atoms with Crippen molar-refractivity contribution in [1.82, 2.24) is 0 Å². The highest BCUT2D eigenvalue weighted by Crippen LogP contribution is 2.25. The van der Waals surface area contributed by atoms with Gasteiger partial charge in [0.05, 0.1) is 0 Å². The third kappa shape index (κ3) is 3.24. The number of rotatable bonds is 4. The summed E-state index contributed by atoms with van der Waals surface area (Å²) in [5.41, 5.74) is 3.65. The van der Waals surface area contributed by atoms with Crippen molar-refractivity contribution in [2.24, 2.45) is 0 Å². The van der Waals surface area contributed by atoms with Gasteiger partial charge < -0.3 is 14.3 Å². The van der Waals surface area contributed by atoms with Gasteiger partial charge in [0.2, 0.25) is 0 Å². The van der Waals surface area contributed by atoms with E-state index < -0.39 is 9.04 Å². The molecule has 0 aliphatic carbocycles. The molecule has 1 N–H and O–H groups in total. The molecule has 1 radical (unpaired) electrons. The summed E-state index contributed by atoms with van der Waals surface area (Å²) in [4.78, 5) is 32.5. The number of ether oxygens (including phenoxy) is 2. The summed E-state index contributed by atoms with van der Waals surface area (Å²) in [5.74, 6) is -0.655. The Hall–Kier alpha value is -2.44. The van der Waals surface area contributed by atoms with Gasteiger partial charge in [0, 0.05) is 13.8 Å². The summed E-state index contributed by atoms with van der Waals surface area (Å²) in [5, 5.41) is 1.84. The molecule has 0 saturated heterocycles. The van der Waals surface area contributed by atoms with Crippen molar-refractivity contribution < 1.29 is 23.9 Å². The summed E-state index contributed by atoms with van der Waals surface area (Å²) >= 11 is 0. The van der Waals surface area contributed by atoms with Gasteiger partial charge in [0.1, 0.15) is 13.2 Å². The lowest BCUT2D eigenvalue weighted by molar-refractivity contribution is -0.143. The molecule has 1 aliphatic rings. The zero-order valence-corrected chi connectivity index (χ0v) is 14.5. The Morgan fingerprint density at radius 3 is 1.67 bits per heavy atom. The lowest BCUT2D eigenvalue weighted by Gasteiger charge is -2.08. The summed E-state index contributed by atoms with van der Waals surface area (Å²) < 4.78 is 10.1. The van der Waals surface area contributed by atoms with Gasteiger partial charge >= 0.3 is 11.9 Å². The van der Waals surface area contributed by atoms with Crippen LogP contribution in [0.1, 0.15) is 25.0 Å². The van der Waals surface area contributed by atoms with E-state index in [9.17, 15) is 14.4 Å². The predicted molar refractivity (Wildman–Crippen MR) is 90.1 cm³/mol. The van der Waals surface area contributed by atoms with Gasteiger partial charge in [-0.2, -0.15) is 0 Å². The Bertz CT molecular complexity index is 748. The fourth-order valence-corrected chi connectivity index (χ4v) is 4.43. The normalized spacial score (nSPS) is 12.5. The molecule has 0 bridgehead atoms. The van der Waals surface area contributed by atoms with Crippen LogP contribution in [-0.4, -0.2) is 25.8 Å². The number of benzene rings is 2. The molecule has 0 aromatic heterocycles. The first kappa shape index (κ1) is 16.4. The lowest BCUT2D eigenvalue weighted by Crippen LogP contribution is -2.37. The van der Waals surface area contributed by atoms with E-state index in [1.807, 2.05) is 36.4 Å². The number of carbonyl (C=O) groups is 2. The number of esters is 2. The number of hydrogen-bond donors (Lipinski definition) is 1. The van der Waals surface area contributed by atoms with Crippen LogP contribution in [0, 0.1) is 0 Å². The molecule has 0 amide bonds. The summed E-state index contributed by atoms with van der Waals surface area (Å²) in [6, 6.07) is 11.4. The van der Waals surface area contributed by atoms with Crippen molar-refractivity contribution in [3.8, 4) is 11.1 Å². The SMILES string of the molecule is CC(=O)OCc1ccc2c(c1)-c1cc(COC(C)=O)ccc1[Si]2O. The predicted octanol–water partition coefficient (Wildman–Crippen LogP) is 0.891. The maximum atomic E-state index is 11.0. The zero-order valence-electron chi connectivity index (χ0n) is 13.5. The first-order valence-electron chi connectivity index (χ1n) is 7.55. The Morgan fingerprint density at radius 2 is 1.29 bits per heavy atom. The topological polar surface area (TPSA) is 72.8 Å². The quantitative estimate of drug-likeness (QED) is 0.660. The summed E-state index contributed by atoms with van der Waals surface area (Å²) in [6.07, 6.45) is 0. The Kier molecular flexibility index (Phi) is 4.50. The molecule has 2 aromatic carbocycles. The summed E-state index contributed by atoms with van der Waals surface area (Å²) in [6.45, 7) is 3.16. The highest BCUT2D eigenvalue weighted by molar-refractivity contribution is 6.83. The van der Waals surface area contributed by atoms with E-state index in [2.05, 4.69) is 0 Å². The van der Waals surface area contributed by atoms with Crippen molar-refractivity contribution in [2.45, 2.75) is 27.1 Å². The van der Waals surface area contributed by atoms with Gasteiger partial charge in [-0.1, -0.05) is 24.3 Å². The second-order valence-corrected chi connectivity index (χ2v) is 7.44. The molecule has 123 valence electrons. The molecular weight excluding hydrogens is 324 g/mol. The van der Waals surface area contributed by atoms with E-state index in [1.165, 1.54) is 13.8 Å². The van der Waals surface area contributed by atoms with E-state index in [-0.39, 0.29) is 25.2 Å². The van der Waals surface area contributed by atoms with Crippen LogP contribution in [0.15, 0.2) is 36.4 Å². The molecule has 24 heavy (non-hydrogen) atoms. The van der Waals surface area contributed by atoms with Crippen LogP contribution in [0.2, 0.25) is 0 Å². The van der Waals surface area contributed by atoms with E-state index in [1.54, 1.807) is 0 Å². The van der Waals surface area contributed by atoms with Crippen molar-refractivity contribution in [3.63, 3.8) is 0 Å². The second-order valence-electron chi connectivity index (χ2n) is 5.67. The van der Waals surface area contributed by atoms with Crippen molar-refractivity contribution >= 4 is 31.4 Å². The highest BCUT2D eigenvalue weighted by Gasteiger charge is 2.30. The van der Waals surface area contributed by atoms with Crippen LogP contribution in [0.3, 0.4) is 0 Å². The maximum Gasteiger partial charge on any atom is 0.302 e. The lowest BCUT2D eigenvalue weighted by atomic mass is 10.0. The molecule has 6 heteroatoms. The molecule has 0 unspecified atom stereocenters. The Labute approximate surface area is 141 Å². The van der Waals surface area contributed by atoms with Gasteiger partial charge in [0.15, 0.2) is 0 Å². The molecular formula is C18H17O5Si. The number of carbonyl (C=O) groups excluding carboxylic acids is 2. The Morgan fingerprint density at radius 1 is 0.875 bits per heavy atom. The third-order valence-electron chi connectivity index (χ3n) is 3.85. The molecule has 0 atom stereocenters. The molecule has 0 fully saturated rings. The minimum absolute atomic E-state index is 0.207. The van der Waals surface area contributed by atoms with E-state index in [0.29, 0.717) is 0 Å². The fraction of sp³-hybridized carbons (Fsp3) is 0.222. The van der Waals surface area contributed by atoms with Gasteiger partial charge in [0.25, 0.3) is 9.04 Å². The van der Waals surface area contributed by atoms with Crippen LogP contribution in [0.4, 0.5) is 0 Å². The standard InChI is InChI=1S/C18H17O5Si/c1-11(19)22-9-13-3-5-17-15(7-13)16-8-14(10-23-12(2)20)4-6-18(16)24(17)21/h3-8,21H,9-10H2,1-2H3. The van der Waals surface area contributed by atoms with Crippen molar-refractivity contribution in [1.29, 1.82) is 0 Å². The van der Waals surface area contributed by atoms with E-state index in [4.69, 9.17) is 9.47 Å². The molecule has 0 saturated carbocycles. The van der Waals surface area contributed by atoms with Crippen LogP contribution >= 0.6 is 0 Å². The molecule has 1 heterocycles. The Balaban J connectivity index is 1.93. The fourth-order valence-electron chi connectivity index (χ4n) is 2.74. The maximum absolute atomic E-state index is 11.0. The van der Waals surface area contributed by atoms with Gasteiger partial charge in [-0.05, 0) is 44.8 Å². The average molecular weight is 341 g/mol. The average Bonchev–Trinajstić information content (AvgIpc) is 2.83. The minimum atomic E-state index is -1.78. The molecule has 5 nitrogen and oxygen atoms in total. The first-order valence-corrected chi connectivity index (χ1v) is 9.00.